The van der Waals surface area contributed by atoms with E-state index in [9.17, 15) is 9.59 Å². The van der Waals surface area contributed by atoms with E-state index in [1.54, 1.807) is 25.3 Å². The van der Waals surface area contributed by atoms with E-state index in [4.69, 9.17) is 4.74 Å². The molecule has 2 rings (SSSR count). The fourth-order valence-electron chi connectivity index (χ4n) is 2.26. The third kappa shape index (κ3) is 4.92. The summed E-state index contributed by atoms with van der Waals surface area (Å²) in [6, 6.07) is 5.34. The van der Waals surface area contributed by atoms with Crippen molar-refractivity contribution in [3.05, 3.63) is 18.2 Å². The van der Waals surface area contributed by atoms with Crippen molar-refractivity contribution in [3.8, 4) is 5.75 Å². The van der Waals surface area contributed by atoms with Crippen LogP contribution in [0.15, 0.2) is 18.2 Å². The first-order valence-electron chi connectivity index (χ1n) is 7.15. The molecule has 1 aliphatic heterocycles. The summed E-state index contributed by atoms with van der Waals surface area (Å²) in [5, 5.41) is 8.88. The Balaban J connectivity index is 2.02. The Labute approximate surface area is 134 Å². The van der Waals surface area contributed by atoms with Gasteiger partial charge in [0.05, 0.1) is 12.8 Å². The number of amides is 2. The number of rotatable bonds is 5. The van der Waals surface area contributed by atoms with Gasteiger partial charge in [0.1, 0.15) is 5.75 Å². The average molecular weight is 323 g/mol. The van der Waals surface area contributed by atoms with Crippen LogP contribution in [-0.2, 0) is 9.59 Å². The normalized spacial score (nSPS) is 17.6. The summed E-state index contributed by atoms with van der Waals surface area (Å²) in [4.78, 5) is 23.3. The van der Waals surface area contributed by atoms with Crippen LogP contribution in [0, 0.1) is 0 Å². The van der Waals surface area contributed by atoms with Crippen LogP contribution in [0.1, 0.15) is 13.3 Å². The number of hydrogen-bond donors (Lipinski definition) is 3. The Kier molecular flexibility index (Phi) is 6.09. The molecule has 0 saturated carbocycles. The molecule has 6 nitrogen and oxygen atoms in total. The molecule has 1 aromatic rings. The van der Waals surface area contributed by atoms with Crippen molar-refractivity contribution < 1.29 is 14.3 Å². The van der Waals surface area contributed by atoms with Gasteiger partial charge in [0.2, 0.25) is 11.8 Å². The van der Waals surface area contributed by atoms with Gasteiger partial charge < -0.3 is 20.7 Å². The van der Waals surface area contributed by atoms with Gasteiger partial charge in [-0.2, -0.15) is 11.8 Å². The lowest BCUT2D eigenvalue weighted by Crippen LogP contribution is -2.39. The highest BCUT2D eigenvalue weighted by atomic mass is 32.2. The van der Waals surface area contributed by atoms with Gasteiger partial charge in [-0.15, -0.1) is 0 Å². The molecule has 7 heteroatoms. The van der Waals surface area contributed by atoms with E-state index in [0.717, 1.165) is 18.1 Å². The van der Waals surface area contributed by atoms with Gasteiger partial charge >= 0.3 is 0 Å². The molecule has 1 saturated heterocycles. The molecular weight excluding hydrogens is 302 g/mol. The summed E-state index contributed by atoms with van der Waals surface area (Å²) in [5.41, 5.74) is 1.18. The highest BCUT2D eigenvalue weighted by Crippen LogP contribution is 2.28. The fourth-order valence-corrected chi connectivity index (χ4v) is 3.21. The maximum Gasteiger partial charge on any atom is 0.226 e. The van der Waals surface area contributed by atoms with Crippen molar-refractivity contribution in [1.29, 1.82) is 0 Å². The van der Waals surface area contributed by atoms with Gasteiger partial charge in [0.25, 0.3) is 0 Å². The van der Waals surface area contributed by atoms with Crippen molar-refractivity contribution in [3.63, 3.8) is 0 Å². The van der Waals surface area contributed by atoms with Crippen molar-refractivity contribution in [2.45, 2.75) is 19.4 Å². The van der Waals surface area contributed by atoms with Crippen LogP contribution < -0.4 is 20.7 Å². The van der Waals surface area contributed by atoms with E-state index < -0.39 is 0 Å². The van der Waals surface area contributed by atoms with E-state index in [-0.39, 0.29) is 17.9 Å². The first-order chi connectivity index (χ1) is 10.6. The minimum Gasteiger partial charge on any atom is -0.495 e. The van der Waals surface area contributed by atoms with Crippen LogP contribution in [-0.4, -0.2) is 43.0 Å². The molecule has 120 valence electrons. The van der Waals surface area contributed by atoms with Crippen LogP contribution in [0.4, 0.5) is 11.4 Å². The van der Waals surface area contributed by atoms with Crippen LogP contribution in [0.5, 0.6) is 5.75 Å². The zero-order valence-corrected chi connectivity index (χ0v) is 13.6. The second-order valence-electron chi connectivity index (χ2n) is 5.07. The second kappa shape index (κ2) is 8.05. The molecule has 1 fully saturated rings. The number of anilines is 2. The molecular formula is C15H21N3O3S. The second-order valence-corrected chi connectivity index (χ2v) is 6.22. The number of carbonyl (C=O) groups is 2. The van der Waals surface area contributed by atoms with Gasteiger partial charge in [-0.05, 0) is 18.2 Å². The van der Waals surface area contributed by atoms with E-state index >= 15 is 0 Å². The number of ether oxygens (including phenoxy) is 1. The molecule has 1 heterocycles. The molecule has 1 atom stereocenters. The first-order valence-corrected chi connectivity index (χ1v) is 8.30. The number of methoxy groups -OCH3 is 1. The summed E-state index contributed by atoms with van der Waals surface area (Å²) in [6.07, 6.45) is 0.417. The Morgan fingerprint density at radius 3 is 2.86 bits per heavy atom. The van der Waals surface area contributed by atoms with E-state index in [2.05, 4.69) is 16.0 Å². The number of thioether (sulfide) groups is 1. The molecule has 2 amide bonds. The van der Waals surface area contributed by atoms with Crippen molar-refractivity contribution in [1.82, 2.24) is 5.32 Å². The lowest BCUT2D eigenvalue weighted by molar-refractivity contribution is -0.116. The number of hydrogen-bond acceptors (Lipinski definition) is 5. The Morgan fingerprint density at radius 1 is 1.41 bits per heavy atom. The maximum absolute atomic E-state index is 12.2. The summed E-state index contributed by atoms with van der Waals surface area (Å²) >= 11 is 1.85. The van der Waals surface area contributed by atoms with Gasteiger partial charge in [0.15, 0.2) is 0 Å². The third-order valence-electron chi connectivity index (χ3n) is 3.22. The number of nitrogens with one attached hydrogen (secondary N) is 3. The SMILES string of the molecule is COc1ccc(NC(C)=O)cc1NC(=O)CC1CSCCN1. The summed E-state index contributed by atoms with van der Waals surface area (Å²) in [5.74, 6) is 2.36. The average Bonchev–Trinajstić information content (AvgIpc) is 2.48. The van der Waals surface area contributed by atoms with Crippen molar-refractivity contribution >= 4 is 35.0 Å². The quantitative estimate of drug-likeness (QED) is 0.768. The zero-order valence-electron chi connectivity index (χ0n) is 12.8. The fraction of sp³-hybridized carbons (Fsp3) is 0.467. The summed E-state index contributed by atoms with van der Waals surface area (Å²) in [7, 11) is 1.54. The predicted molar refractivity (Wildman–Crippen MR) is 89.7 cm³/mol. The van der Waals surface area contributed by atoms with E-state index in [1.807, 2.05) is 11.8 Å². The Hall–Kier alpha value is -1.73. The van der Waals surface area contributed by atoms with Gasteiger partial charge in [0, 0.05) is 43.1 Å². The molecule has 1 unspecified atom stereocenters. The number of carbonyl (C=O) groups excluding carboxylic acids is 2. The third-order valence-corrected chi connectivity index (χ3v) is 4.36. The van der Waals surface area contributed by atoms with Crippen LogP contribution in [0.3, 0.4) is 0 Å². The largest absolute Gasteiger partial charge is 0.495 e. The summed E-state index contributed by atoms with van der Waals surface area (Å²) in [6.45, 7) is 2.37. The molecule has 3 N–H and O–H groups in total. The Bertz CT molecular complexity index is 545. The predicted octanol–water partition coefficient (Wildman–Crippen LogP) is 1.69. The smallest absolute Gasteiger partial charge is 0.226 e. The molecule has 1 aromatic carbocycles. The monoisotopic (exact) mass is 323 g/mol. The highest BCUT2D eigenvalue weighted by Gasteiger charge is 2.17. The molecule has 0 radical (unpaired) electrons. The van der Waals surface area contributed by atoms with Crippen molar-refractivity contribution in [2.24, 2.45) is 0 Å². The topological polar surface area (TPSA) is 79.5 Å². The summed E-state index contributed by atoms with van der Waals surface area (Å²) < 4.78 is 5.25. The molecule has 0 spiro atoms. The van der Waals surface area contributed by atoms with Crippen LogP contribution >= 0.6 is 11.8 Å². The van der Waals surface area contributed by atoms with Crippen molar-refractivity contribution in [2.75, 3.05) is 35.8 Å². The minimum absolute atomic E-state index is 0.0710. The van der Waals surface area contributed by atoms with Gasteiger partial charge in [-0.25, -0.2) is 0 Å². The first kappa shape index (κ1) is 16.6. The zero-order chi connectivity index (χ0) is 15.9. The molecule has 1 aliphatic rings. The molecule has 0 aromatic heterocycles. The molecule has 0 aliphatic carbocycles. The number of benzene rings is 1. The molecule has 0 bridgehead atoms. The highest BCUT2D eigenvalue weighted by molar-refractivity contribution is 7.99. The maximum atomic E-state index is 12.2. The van der Waals surface area contributed by atoms with Gasteiger partial charge in [-0.1, -0.05) is 0 Å². The van der Waals surface area contributed by atoms with Crippen LogP contribution in [0.2, 0.25) is 0 Å². The lowest BCUT2D eigenvalue weighted by Gasteiger charge is -2.22. The van der Waals surface area contributed by atoms with Gasteiger partial charge in [-0.3, -0.25) is 9.59 Å². The minimum atomic E-state index is -0.161. The van der Waals surface area contributed by atoms with E-state index in [1.165, 1.54) is 6.92 Å². The lowest BCUT2D eigenvalue weighted by atomic mass is 10.2. The van der Waals surface area contributed by atoms with E-state index in [0.29, 0.717) is 23.5 Å². The van der Waals surface area contributed by atoms with Crippen LogP contribution in [0.25, 0.3) is 0 Å². The standard InChI is InChI=1S/C15H21N3O3S/c1-10(19)17-11-3-4-14(21-2)13(7-11)18-15(20)8-12-9-22-6-5-16-12/h3-4,7,12,16H,5-6,8-9H2,1-2H3,(H,17,19)(H,18,20). The molecule has 22 heavy (non-hydrogen) atoms. The Morgan fingerprint density at radius 2 is 2.23 bits per heavy atom.